The SMILES string of the molecule is O=C(Nc1ccccc1Cl)c1cc(NCc2ccc(F)cc2)ccn1. The lowest BCUT2D eigenvalue weighted by atomic mass is 10.2. The fourth-order valence-corrected chi connectivity index (χ4v) is 2.40. The average molecular weight is 356 g/mol. The molecule has 2 aromatic carbocycles. The van der Waals surface area contributed by atoms with Crippen LogP contribution >= 0.6 is 11.6 Å². The molecule has 126 valence electrons. The molecule has 0 aliphatic carbocycles. The molecule has 25 heavy (non-hydrogen) atoms. The second-order valence-electron chi connectivity index (χ2n) is 5.34. The van der Waals surface area contributed by atoms with Crippen LogP contribution in [0.25, 0.3) is 0 Å². The van der Waals surface area contributed by atoms with Crippen LogP contribution in [0.4, 0.5) is 15.8 Å². The van der Waals surface area contributed by atoms with Crippen molar-refractivity contribution < 1.29 is 9.18 Å². The van der Waals surface area contributed by atoms with Gasteiger partial charge in [0.15, 0.2) is 0 Å². The standard InChI is InChI=1S/C19H15ClFN3O/c20-16-3-1-2-4-17(16)24-19(25)18-11-15(9-10-22-18)23-12-13-5-7-14(21)8-6-13/h1-11H,12H2,(H,22,23)(H,24,25). The predicted molar refractivity (Wildman–Crippen MR) is 97.4 cm³/mol. The zero-order valence-electron chi connectivity index (χ0n) is 13.2. The number of benzene rings is 2. The van der Waals surface area contributed by atoms with Crippen LogP contribution in [0.1, 0.15) is 16.1 Å². The molecule has 2 N–H and O–H groups in total. The van der Waals surface area contributed by atoms with Crippen molar-refractivity contribution in [2.75, 3.05) is 10.6 Å². The molecule has 4 nitrogen and oxygen atoms in total. The van der Waals surface area contributed by atoms with Gasteiger partial charge in [0.1, 0.15) is 11.5 Å². The highest BCUT2D eigenvalue weighted by Crippen LogP contribution is 2.21. The second kappa shape index (κ2) is 7.77. The maximum atomic E-state index is 12.9. The number of hydrogen-bond donors (Lipinski definition) is 2. The Morgan fingerprint density at radius 3 is 2.60 bits per heavy atom. The molecule has 0 aliphatic heterocycles. The van der Waals surface area contributed by atoms with Gasteiger partial charge in [0.05, 0.1) is 10.7 Å². The van der Waals surface area contributed by atoms with E-state index >= 15 is 0 Å². The van der Waals surface area contributed by atoms with Gasteiger partial charge in [-0.15, -0.1) is 0 Å². The van der Waals surface area contributed by atoms with E-state index in [-0.39, 0.29) is 17.4 Å². The van der Waals surface area contributed by atoms with E-state index in [0.29, 0.717) is 17.3 Å². The van der Waals surface area contributed by atoms with E-state index in [1.165, 1.54) is 12.1 Å². The number of nitrogens with zero attached hydrogens (tertiary/aromatic N) is 1. The summed E-state index contributed by atoms with van der Waals surface area (Å²) in [6, 6.07) is 16.6. The van der Waals surface area contributed by atoms with Crippen molar-refractivity contribution in [1.29, 1.82) is 0 Å². The van der Waals surface area contributed by atoms with Gasteiger partial charge in [-0.1, -0.05) is 35.9 Å². The molecule has 0 bridgehead atoms. The van der Waals surface area contributed by atoms with E-state index in [1.54, 1.807) is 54.7 Å². The Kier molecular flexibility index (Phi) is 5.26. The van der Waals surface area contributed by atoms with Gasteiger partial charge in [0.25, 0.3) is 5.91 Å². The smallest absolute Gasteiger partial charge is 0.274 e. The van der Waals surface area contributed by atoms with E-state index in [9.17, 15) is 9.18 Å². The number of pyridine rings is 1. The third-order valence-corrected chi connectivity index (χ3v) is 3.85. The van der Waals surface area contributed by atoms with E-state index in [2.05, 4.69) is 15.6 Å². The fraction of sp³-hybridized carbons (Fsp3) is 0.0526. The van der Waals surface area contributed by atoms with Crippen molar-refractivity contribution in [1.82, 2.24) is 4.98 Å². The highest BCUT2D eigenvalue weighted by atomic mass is 35.5. The summed E-state index contributed by atoms with van der Waals surface area (Å²) in [6.07, 6.45) is 1.55. The second-order valence-corrected chi connectivity index (χ2v) is 5.75. The number of rotatable bonds is 5. The first-order valence-corrected chi connectivity index (χ1v) is 8.00. The highest BCUT2D eigenvalue weighted by molar-refractivity contribution is 6.33. The number of aromatic nitrogens is 1. The summed E-state index contributed by atoms with van der Waals surface area (Å²) in [5.74, 6) is -0.621. The quantitative estimate of drug-likeness (QED) is 0.695. The van der Waals surface area contributed by atoms with Crippen molar-refractivity contribution in [2.45, 2.75) is 6.54 Å². The van der Waals surface area contributed by atoms with Crippen LogP contribution in [-0.2, 0) is 6.54 Å². The number of carbonyl (C=O) groups is 1. The Labute approximate surface area is 149 Å². The summed E-state index contributed by atoms with van der Waals surface area (Å²) in [5.41, 5.74) is 2.47. The summed E-state index contributed by atoms with van der Waals surface area (Å²) in [4.78, 5) is 16.4. The largest absolute Gasteiger partial charge is 0.381 e. The molecule has 1 heterocycles. The van der Waals surface area contributed by atoms with E-state index < -0.39 is 0 Å². The Balaban J connectivity index is 1.67. The van der Waals surface area contributed by atoms with Crippen LogP contribution in [0.15, 0.2) is 66.9 Å². The van der Waals surface area contributed by atoms with E-state index in [1.807, 2.05) is 0 Å². The molecule has 0 spiro atoms. The number of nitrogens with one attached hydrogen (secondary N) is 2. The molecule has 0 saturated carbocycles. The van der Waals surface area contributed by atoms with Crippen molar-refractivity contribution in [2.24, 2.45) is 0 Å². The van der Waals surface area contributed by atoms with Crippen molar-refractivity contribution in [3.63, 3.8) is 0 Å². The van der Waals surface area contributed by atoms with Gasteiger partial charge in [-0.25, -0.2) is 4.39 Å². The Morgan fingerprint density at radius 1 is 1.08 bits per heavy atom. The highest BCUT2D eigenvalue weighted by Gasteiger charge is 2.10. The zero-order valence-corrected chi connectivity index (χ0v) is 13.9. The van der Waals surface area contributed by atoms with Crippen molar-refractivity contribution in [3.05, 3.63) is 89.0 Å². The summed E-state index contributed by atoms with van der Waals surface area (Å²) < 4.78 is 12.9. The van der Waals surface area contributed by atoms with Crippen LogP contribution in [0.3, 0.4) is 0 Å². The first-order valence-electron chi connectivity index (χ1n) is 7.62. The first kappa shape index (κ1) is 16.9. The van der Waals surface area contributed by atoms with Gasteiger partial charge in [-0.3, -0.25) is 9.78 Å². The lowest BCUT2D eigenvalue weighted by Gasteiger charge is -2.09. The van der Waals surface area contributed by atoms with Gasteiger partial charge in [0.2, 0.25) is 0 Å². The van der Waals surface area contributed by atoms with Gasteiger partial charge < -0.3 is 10.6 Å². The normalized spacial score (nSPS) is 10.3. The van der Waals surface area contributed by atoms with Gasteiger partial charge >= 0.3 is 0 Å². The summed E-state index contributed by atoms with van der Waals surface area (Å²) in [5, 5.41) is 6.37. The van der Waals surface area contributed by atoms with Gasteiger partial charge in [-0.2, -0.15) is 0 Å². The number of para-hydroxylation sites is 1. The Morgan fingerprint density at radius 2 is 1.84 bits per heavy atom. The van der Waals surface area contributed by atoms with Crippen LogP contribution < -0.4 is 10.6 Å². The average Bonchev–Trinajstić information content (AvgIpc) is 2.63. The topological polar surface area (TPSA) is 54.0 Å². The van der Waals surface area contributed by atoms with Gasteiger partial charge in [-0.05, 0) is 42.0 Å². The van der Waals surface area contributed by atoms with E-state index in [0.717, 1.165) is 11.3 Å². The molecule has 0 fully saturated rings. The van der Waals surface area contributed by atoms with Crippen molar-refractivity contribution in [3.8, 4) is 0 Å². The van der Waals surface area contributed by atoms with Crippen LogP contribution in [0.5, 0.6) is 0 Å². The molecule has 0 aliphatic rings. The molecule has 1 amide bonds. The number of carbonyl (C=O) groups excluding carboxylic acids is 1. The third-order valence-electron chi connectivity index (χ3n) is 3.52. The molecule has 1 aromatic heterocycles. The summed E-state index contributed by atoms with van der Waals surface area (Å²) in [7, 11) is 0. The number of hydrogen-bond acceptors (Lipinski definition) is 3. The maximum absolute atomic E-state index is 12.9. The van der Waals surface area contributed by atoms with Gasteiger partial charge in [0, 0.05) is 18.4 Å². The Bertz CT molecular complexity index is 884. The summed E-state index contributed by atoms with van der Waals surface area (Å²) >= 11 is 6.04. The number of anilines is 2. The van der Waals surface area contributed by atoms with Crippen molar-refractivity contribution >= 4 is 28.9 Å². The lowest BCUT2D eigenvalue weighted by Crippen LogP contribution is -2.14. The Hall–Kier alpha value is -2.92. The molecule has 0 atom stereocenters. The predicted octanol–water partition coefficient (Wildman–Crippen LogP) is 4.74. The minimum absolute atomic E-state index is 0.268. The summed E-state index contributed by atoms with van der Waals surface area (Å²) in [6.45, 7) is 0.510. The zero-order chi connectivity index (χ0) is 17.6. The molecular formula is C19H15ClFN3O. The number of halogens is 2. The minimum atomic E-state index is -0.349. The van der Waals surface area contributed by atoms with Crippen LogP contribution in [0.2, 0.25) is 5.02 Å². The molecule has 3 rings (SSSR count). The fourth-order valence-electron chi connectivity index (χ4n) is 2.22. The van der Waals surface area contributed by atoms with Crippen LogP contribution in [-0.4, -0.2) is 10.9 Å². The third kappa shape index (κ3) is 4.55. The molecule has 0 unspecified atom stereocenters. The molecular weight excluding hydrogens is 341 g/mol. The lowest BCUT2D eigenvalue weighted by molar-refractivity contribution is 0.102. The first-order chi connectivity index (χ1) is 12.1. The van der Waals surface area contributed by atoms with Crippen LogP contribution in [0, 0.1) is 5.82 Å². The number of amides is 1. The van der Waals surface area contributed by atoms with E-state index in [4.69, 9.17) is 11.6 Å². The minimum Gasteiger partial charge on any atom is -0.381 e. The molecule has 3 aromatic rings. The molecule has 0 saturated heterocycles. The monoisotopic (exact) mass is 355 g/mol. The molecule has 0 radical (unpaired) electrons. The maximum Gasteiger partial charge on any atom is 0.274 e. The molecule has 6 heteroatoms.